The molecule has 204 valence electrons. The fraction of sp³-hybridized carbons (Fsp3) is 0.444. The van der Waals surface area contributed by atoms with Gasteiger partial charge in [0, 0.05) is 44.1 Å². The number of halogens is 2. The third-order valence-corrected chi connectivity index (χ3v) is 6.94. The first-order valence-corrected chi connectivity index (χ1v) is 12.8. The summed E-state index contributed by atoms with van der Waals surface area (Å²) in [6, 6.07) is 5.87. The number of aryl methyl sites for hydroxylation is 3. The zero-order valence-corrected chi connectivity index (χ0v) is 22.7. The summed E-state index contributed by atoms with van der Waals surface area (Å²) in [6.07, 6.45) is 5.75. The lowest BCUT2D eigenvalue weighted by Gasteiger charge is -2.17. The highest BCUT2D eigenvalue weighted by Gasteiger charge is 2.31. The molecule has 3 N–H and O–H groups in total. The van der Waals surface area contributed by atoms with Crippen LogP contribution in [0.4, 0.5) is 10.1 Å². The van der Waals surface area contributed by atoms with Crippen LogP contribution in [-0.4, -0.2) is 54.3 Å². The molecule has 0 fully saturated rings. The number of imidazole rings is 1. The summed E-state index contributed by atoms with van der Waals surface area (Å²) in [6.45, 7) is 3.47. The number of aromatic nitrogens is 4. The second-order valence-electron chi connectivity index (χ2n) is 10.4. The molecule has 2 aromatic heterocycles. The van der Waals surface area contributed by atoms with Crippen molar-refractivity contribution in [2.75, 3.05) is 18.5 Å². The Hall–Kier alpha value is -3.21. The number of carbonyl (C=O) groups excluding carboxylic acids is 1. The number of hydrogen-bond donors (Lipinski definition) is 3. The van der Waals surface area contributed by atoms with E-state index in [9.17, 15) is 19.4 Å². The summed E-state index contributed by atoms with van der Waals surface area (Å²) >= 11 is 5.86. The molecule has 1 aliphatic carbocycles. The van der Waals surface area contributed by atoms with Crippen LogP contribution in [-0.2, 0) is 20.5 Å². The van der Waals surface area contributed by atoms with Crippen LogP contribution >= 0.6 is 11.6 Å². The second-order valence-corrected chi connectivity index (χ2v) is 10.8. The molecule has 2 atom stereocenters. The normalized spacial score (nSPS) is 17.5. The van der Waals surface area contributed by atoms with E-state index in [4.69, 9.17) is 16.3 Å². The molecular weight excluding hydrogens is 513 g/mol. The van der Waals surface area contributed by atoms with Gasteiger partial charge in [-0.2, -0.15) is 0 Å². The summed E-state index contributed by atoms with van der Waals surface area (Å²) in [7, 11) is 3.58. The van der Waals surface area contributed by atoms with Crippen molar-refractivity contribution >= 4 is 28.8 Å². The van der Waals surface area contributed by atoms with E-state index in [-0.39, 0.29) is 36.0 Å². The molecule has 3 aromatic rings. The number of benzene rings is 1. The van der Waals surface area contributed by atoms with Crippen LogP contribution in [0, 0.1) is 17.7 Å². The summed E-state index contributed by atoms with van der Waals surface area (Å²) in [5.74, 6) is -0.411. The molecule has 0 saturated heterocycles. The van der Waals surface area contributed by atoms with E-state index in [1.165, 1.54) is 18.2 Å². The summed E-state index contributed by atoms with van der Waals surface area (Å²) in [5, 5.41) is 27.0. The maximum absolute atomic E-state index is 13.5. The minimum atomic E-state index is -0.953. The van der Waals surface area contributed by atoms with Crippen LogP contribution in [0.2, 0.25) is 5.02 Å². The van der Waals surface area contributed by atoms with Gasteiger partial charge in [0.25, 0.3) is 5.91 Å². The molecule has 2 heterocycles. The molecular formula is C27H33ClFN5O4. The van der Waals surface area contributed by atoms with Crippen molar-refractivity contribution < 1.29 is 24.1 Å². The van der Waals surface area contributed by atoms with E-state index in [1.54, 1.807) is 36.5 Å². The van der Waals surface area contributed by atoms with Gasteiger partial charge in [-0.1, -0.05) is 17.7 Å². The highest BCUT2D eigenvalue weighted by Crippen LogP contribution is 2.39. The van der Waals surface area contributed by atoms with Crippen molar-refractivity contribution in [3.05, 3.63) is 64.6 Å². The lowest BCUT2D eigenvalue weighted by Crippen LogP contribution is -2.27. The van der Waals surface area contributed by atoms with Gasteiger partial charge in [0.2, 0.25) is 5.88 Å². The first-order valence-electron chi connectivity index (χ1n) is 12.4. The number of carbonyl (C=O) groups is 1. The van der Waals surface area contributed by atoms with Gasteiger partial charge < -0.3 is 24.8 Å². The summed E-state index contributed by atoms with van der Waals surface area (Å²) < 4.78 is 22.5. The third kappa shape index (κ3) is 6.43. The van der Waals surface area contributed by atoms with Crippen LogP contribution in [0.3, 0.4) is 0 Å². The highest BCUT2D eigenvalue weighted by atomic mass is 35.5. The van der Waals surface area contributed by atoms with Gasteiger partial charge in [-0.3, -0.25) is 9.48 Å². The van der Waals surface area contributed by atoms with Gasteiger partial charge in [-0.05, 0) is 62.8 Å². The fourth-order valence-corrected chi connectivity index (χ4v) is 4.83. The van der Waals surface area contributed by atoms with Gasteiger partial charge in [-0.25, -0.2) is 9.37 Å². The molecule has 0 aliphatic heterocycles. The number of amides is 1. The van der Waals surface area contributed by atoms with E-state index in [2.05, 4.69) is 15.4 Å². The van der Waals surface area contributed by atoms with Crippen molar-refractivity contribution in [2.24, 2.45) is 25.9 Å². The molecule has 4 rings (SSSR count). The predicted octanol–water partition coefficient (Wildman–Crippen LogP) is 3.99. The number of anilines is 1. The molecule has 38 heavy (non-hydrogen) atoms. The lowest BCUT2D eigenvalue weighted by atomic mass is 9.90. The zero-order chi connectivity index (χ0) is 27.6. The molecule has 9 nitrogen and oxygen atoms in total. The van der Waals surface area contributed by atoms with Gasteiger partial charge in [0.05, 0.1) is 22.6 Å². The van der Waals surface area contributed by atoms with Crippen LogP contribution in [0.1, 0.15) is 48.6 Å². The Bertz CT molecular complexity index is 1340. The summed E-state index contributed by atoms with van der Waals surface area (Å²) in [4.78, 5) is 17.6. The van der Waals surface area contributed by atoms with E-state index in [0.29, 0.717) is 29.4 Å². The smallest absolute Gasteiger partial charge is 0.274 e. The van der Waals surface area contributed by atoms with Crippen LogP contribution in [0.15, 0.2) is 36.7 Å². The Morgan fingerprint density at radius 1 is 1.32 bits per heavy atom. The van der Waals surface area contributed by atoms with Crippen molar-refractivity contribution in [1.29, 1.82) is 0 Å². The van der Waals surface area contributed by atoms with Crippen molar-refractivity contribution in [3.8, 4) is 5.88 Å². The number of nitrogens with one attached hydrogen (secondary N) is 1. The molecule has 2 unspecified atom stereocenters. The highest BCUT2D eigenvalue weighted by molar-refractivity contribution is 6.31. The number of rotatable bonds is 10. The number of aliphatic hydroxyl groups excluding tert-OH is 1. The average molecular weight is 546 g/mol. The summed E-state index contributed by atoms with van der Waals surface area (Å²) in [5.41, 5.74) is 2.23. The Morgan fingerprint density at radius 3 is 2.76 bits per heavy atom. The number of ether oxygens (including phenoxy) is 1. The molecule has 0 bridgehead atoms. The molecule has 1 aromatic carbocycles. The Balaban J connectivity index is 1.44. The average Bonchev–Trinajstić information content (AvgIpc) is 3.54. The van der Waals surface area contributed by atoms with Crippen LogP contribution in [0.5, 0.6) is 5.88 Å². The Kier molecular flexibility index (Phi) is 8.25. The van der Waals surface area contributed by atoms with Crippen LogP contribution < -0.4 is 10.1 Å². The number of allylic oxidation sites excluding steroid dienone is 1. The molecule has 1 amide bonds. The standard InChI is InChI=1S/C27H33ClFN5O4/c1-27(2,37)14-38-23-12-20(34(4)32-23)7-5-16-9-17(10-18(16)13-35)24-25(33(3)15-30-24)26(36)31-19-6-8-22(29)21(28)11-19/h6,8,10-12,15-16,18,35,37H,5,7,9,13-14H2,1-4H3,(H,31,36). The quantitative estimate of drug-likeness (QED) is 0.355. The molecule has 1 aliphatic rings. The van der Waals surface area contributed by atoms with E-state index in [0.717, 1.165) is 24.1 Å². The Labute approximate surface area is 225 Å². The maximum atomic E-state index is 13.5. The predicted molar refractivity (Wildman–Crippen MR) is 143 cm³/mol. The molecule has 0 radical (unpaired) electrons. The van der Waals surface area contributed by atoms with Crippen LogP contribution in [0.25, 0.3) is 5.57 Å². The lowest BCUT2D eigenvalue weighted by molar-refractivity contribution is 0.0266. The largest absolute Gasteiger partial charge is 0.474 e. The fourth-order valence-electron chi connectivity index (χ4n) is 4.65. The minimum Gasteiger partial charge on any atom is -0.474 e. The minimum absolute atomic E-state index is 0.0120. The van der Waals surface area contributed by atoms with E-state index >= 15 is 0 Å². The maximum Gasteiger partial charge on any atom is 0.274 e. The zero-order valence-electron chi connectivity index (χ0n) is 21.9. The van der Waals surface area contributed by atoms with Gasteiger partial charge >= 0.3 is 0 Å². The topological polar surface area (TPSA) is 114 Å². The van der Waals surface area contributed by atoms with Crippen molar-refractivity contribution in [2.45, 2.75) is 38.7 Å². The first-order chi connectivity index (χ1) is 17.9. The van der Waals surface area contributed by atoms with Gasteiger partial charge in [0.15, 0.2) is 0 Å². The van der Waals surface area contributed by atoms with Crippen molar-refractivity contribution in [1.82, 2.24) is 19.3 Å². The van der Waals surface area contributed by atoms with E-state index < -0.39 is 11.4 Å². The van der Waals surface area contributed by atoms with Crippen molar-refractivity contribution in [3.63, 3.8) is 0 Å². The first kappa shape index (κ1) is 27.8. The monoisotopic (exact) mass is 545 g/mol. The van der Waals surface area contributed by atoms with E-state index in [1.807, 2.05) is 19.2 Å². The SMILES string of the molecule is Cn1cnc(C2=CC(CO)C(CCc3cc(OCC(C)(C)O)nn3C)C2)c1C(=O)Nc1ccc(F)c(Cl)c1. The molecule has 0 saturated carbocycles. The number of nitrogens with zero attached hydrogens (tertiary/aromatic N) is 4. The molecule has 11 heteroatoms. The second kappa shape index (κ2) is 11.3. The molecule has 0 spiro atoms. The van der Waals surface area contributed by atoms with Gasteiger partial charge in [-0.15, -0.1) is 5.10 Å². The third-order valence-electron chi connectivity index (χ3n) is 6.65. The number of aliphatic hydroxyl groups is 2. The number of hydrogen-bond acceptors (Lipinski definition) is 6. The van der Waals surface area contributed by atoms with Gasteiger partial charge in [0.1, 0.15) is 18.1 Å². The Morgan fingerprint density at radius 2 is 2.08 bits per heavy atom.